The van der Waals surface area contributed by atoms with Crippen LogP contribution in [-0.2, 0) is 4.79 Å². The van der Waals surface area contributed by atoms with E-state index in [2.05, 4.69) is 6.58 Å². The maximum atomic E-state index is 11.5. The van der Waals surface area contributed by atoms with Gasteiger partial charge in [-0.05, 0) is 25.7 Å². The minimum atomic E-state index is 0.0931. The van der Waals surface area contributed by atoms with Crippen molar-refractivity contribution < 1.29 is 4.79 Å². The summed E-state index contributed by atoms with van der Waals surface area (Å²) in [4.78, 5) is 13.4. The molecule has 0 heterocycles. The third-order valence-electron chi connectivity index (χ3n) is 2.97. The molecule has 2 heteroatoms. The summed E-state index contributed by atoms with van der Waals surface area (Å²) in [5, 5.41) is 0. The molecule has 0 atom stereocenters. The van der Waals surface area contributed by atoms with E-state index in [4.69, 9.17) is 0 Å². The normalized spacial score (nSPS) is 17.9. The summed E-state index contributed by atoms with van der Waals surface area (Å²) < 4.78 is 0. The molecule has 1 saturated carbocycles. The molecule has 1 rings (SSSR count). The Balaban J connectivity index is 2.35. The molecule has 14 heavy (non-hydrogen) atoms. The highest BCUT2D eigenvalue weighted by Gasteiger charge is 2.18. The lowest BCUT2D eigenvalue weighted by Gasteiger charge is -2.27. The zero-order valence-corrected chi connectivity index (χ0v) is 9.38. The largest absolute Gasteiger partial charge is 0.342 e. The predicted molar refractivity (Wildman–Crippen MR) is 59.0 cm³/mol. The van der Waals surface area contributed by atoms with Crippen molar-refractivity contribution in [2.75, 3.05) is 13.6 Å². The van der Waals surface area contributed by atoms with E-state index >= 15 is 0 Å². The molecule has 0 aliphatic heterocycles. The Morgan fingerprint density at radius 3 is 2.43 bits per heavy atom. The van der Waals surface area contributed by atoms with Crippen LogP contribution < -0.4 is 0 Å². The molecule has 0 aromatic rings. The van der Waals surface area contributed by atoms with E-state index in [1.165, 1.54) is 32.1 Å². The van der Waals surface area contributed by atoms with Crippen molar-refractivity contribution in [2.24, 2.45) is 5.92 Å². The number of rotatable bonds is 3. The van der Waals surface area contributed by atoms with E-state index in [0.29, 0.717) is 5.57 Å². The summed E-state index contributed by atoms with van der Waals surface area (Å²) in [7, 11) is 1.88. The second-order valence-corrected chi connectivity index (χ2v) is 4.47. The second-order valence-electron chi connectivity index (χ2n) is 4.47. The minimum Gasteiger partial charge on any atom is -0.342 e. The molecule has 0 aromatic carbocycles. The Labute approximate surface area is 87.0 Å². The molecule has 0 bridgehead atoms. The molecule has 0 saturated heterocycles. The van der Waals surface area contributed by atoms with Crippen LogP contribution in [0.1, 0.15) is 39.0 Å². The summed E-state index contributed by atoms with van der Waals surface area (Å²) >= 11 is 0. The fraction of sp³-hybridized carbons (Fsp3) is 0.750. The molecule has 1 amide bonds. The quantitative estimate of drug-likeness (QED) is 0.634. The Kier molecular flexibility index (Phi) is 4.18. The lowest BCUT2D eigenvalue weighted by atomic mass is 9.89. The Bertz CT molecular complexity index is 216. The van der Waals surface area contributed by atoms with Gasteiger partial charge in [0.1, 0.15) is 0 Å². The number of carbonyl (C=O) groups excluding carboxylic acids is 1. The van der Waals surface area contributed by atoms with Crippen molar-refractivity contribution in [3.63, 3.8) is 0 Å². The molecule has 1 aliphatic rings. The topological polar surface area (TPSA) is 20.3 Å². The summed E-state index contributed by atoms with van der Waals surface area (Å²) in [6, 6.07) is 0. The first-order valence-electron chi connectivity index (χ1n) is 5.52. The SMILES string of the molecule is C=C(C)C(=O)N(C)CC1CCCCC1. The van der Waals surface area contributed by atoms with Crippen LogP contribution in [0, 0.1) is 5.92 Å². The van der Waals surface area contributed by atoms with Gasteiger partial charge in [-0.1, -0.05) is 25.8 Å². The number of carbonyl (C=O) groups is 1. The van der Waals surface area contributed by atoms with Gasteiger partial charge in [-0.15, -0.1) is 0 Å². The minimum absolute atomic E-state index is 0.0931. The van der Waals surface area contributed by atoms with Gasteiger partial charge in [0.05, 0.1) is 0 Å². The zero-order chi connectivity index (χ0) is 10.6. The van der Waals surface area contributed by atoms with E-state index in [0.717, 1.165) is 12.5 Å². The van der Waals surface area contributed by atoms with Gasteiger partial charge in [0.25, 0.3) is 0 Å². The molecule has 0 unspecified atom stereocenters. The van der Waals surface area contributed by atoms with Crippen molar-refractivity contribution in [1.29, 1.82) is 0 Å². The third kappa shape index (κ3) is 3.17. The van der Waals surface area contributed by atoms with Crippen LogP contribution >= 0.6 is 0 Å². The van der Waals surface area contributed by atoms with Gasteiger partial charge in [-0.3, -0.25) is 4.79 Å². The molecule has 80 valence electrons. The van der Waals surface area contributed by atoms with Gasteiger partial charge in [0.15, 0.2) is 0 Å². The average molecular weight is 195 g/mol. The highest BCUT2D eigenvalue weighted by molar-refractivity contribution is 5.91. The smallest absolute Gasteiger partial charge is 0.248 e. The van der Waals surface area contributed by atoms with E-state index in [1.54, 1.807) is 6.92 Å². The lowest BCUT2D eigenvalue weighted by Crippen LogP contribution is -2.32. The maximum absolute atomic E-state index is 11.5. The summed E-state index contributed by atoms with van der Waals surface area (Å²) in [5.41, 5.74) is 0.642. The maximum Gasteiger partial charge on any atom is 0.248 e. The summed E-state index contributed by atoms with van der Waals surface area (Å²) in [6.45, 7) is 6.36. The van der Waals surface area contributed by atoms with Crippen molar-refractivity contribution in [3.8, 4) is 0 Å². The number of hydrogen-bond donors (Lipinski definition) is 0. The Morgan fingerprint density at radius 2 is 1.93 bits per heavy atom. The average Bonchev–Trinajstić information content (AvgIpc) is 2.18. The molecule has 0 aromatic heterocycles. The zero-order valence-electron chi connectivity index (χ0n) is 9.38. The number of amides is 1. The summed E-state index contributed by atoms with van der Waals surface area (Å²) in [6.07, 6.45) is 6.61. The van der Waals surface area contributed by atoms with Crippen LogP contribution in [0.25, 0.3) is 0 Å². The van der Waals surface area contributed by atoms with Crippen LogP contribution in [0.5, 0.6) is 0 Å². The van der Waals surface area contributed by atoms with E-state index in [9.17, 15) is 4.79 Å². The van der Waals surface area contributed by atoms with Crippen LogP contribution in [0.3, 0.4) is 0 Å². The molecule has 0 radical (unpaired) electrons. The molecule has 2 nitrogen and oxygen atoms in total. The Morgan fingerprint density at radius 1 is 1.36 bits per heavy atom. The van der Waals surface area contributed by atoms with Gasteiger partial charge in [-0.2, -0.15) is 0 Å². The van der Waals surface area contributed by atoms with E-state index in [-0.39, 0.29) is 5.91 Å². The highest BCUT2D eigenvalue weighted by atomic mass is 16.2. The second kappa shape index (κ2) is 5.18. The molecule has 0 N–H and O–H groups in total. The number of hydrogen-bond acceptors (Lipinski definition) is 1. The molecule has 0 spiro atoms. The number of nitrogens with zero attached hydrogens (tertiary/aromatic N) is 1. The van der Waals surface area contributed by atoms with Crippen molar-refractivity contribution >= 4 is 5.91 Å². The third-order valence-corrected chi connectivity index (χ3v) is 2.97. The first-order chi connectivity index (χ1) is 6.61. The van der Waals surface area contributed by atoms with Crippen LogP contribution in [0.4, 0.5) is 0 Å². The molecule has 1 fully saturated rings. The van der Waals surface area contributed by atoms with Gasteiger partial charge in [0.2, 0.25) is 5.91 Å². The number of likely N-dealkylation sites (N-methyl/N-ethyl adjacent to an activating group) is 1. The fourth-order valence-electron chi connectivity index (χ4n) is 2.17. The highest BCUT2D eigenvalue weighted by Crippen LogP contribution is 2.24. The van der Waals surface area contributed by atoms with Crippen LogP contribution in [-0.4, -0.2) is 24.4 Å². The first-order valence-corrected chi connectivity index (χ1v) is 5.52. The fourth-order valence-corrected chi connectivity index (χ4v) is 2.17. The van der Waals surface area contributed by atoms with Gasteiger partial charge >= 0.3 is 0 Å². The van der Waals surface area contributed by atoms with Crippen molar-refractivity contribution in [1.82, 2.24) is 4.90 Å². The van der Waals surface area contributed by atoms with E-state index in [1.807, 2.05) is 11.9 Å². The molecular weight excluding hydrogens is 174 g/mol. The van der Waals surface area contributed by atoms with E-state index < -0.39 is 0 Å². The van der Waals surface area contributed by atoms with Crippen LogP contribution in [0.15, 0.2) is 12.2 Å². The first kappa shape index (κ1) is 11.3. The lowest BCUT2D eigenvalue weighted by molar-refractivity contribution is -0.126. The standard InChI is InChI=1S/C12H21NO/c1-10(2)12(14)13(3)9-11-7-5-4-6-8-11/h11H,1,4-9H2,2-3H3. The van der Waals surface area contributed by atoms with Crippen molar-refractivity contribution in [3.05, 3.63) is 12.2 Å². The molecular formula is C12H21NO. The monoisotopic (exact) mass is 195 g/mol. The van der Waals surface area contributed by atoms with Crippen molar-refractivity contribution in [2.45, 2.75) is 39.0 Å². The summed E-state index contributed by atoms with van der Waals surface area (Å²) in [5.74, 6) is 0.813. The van der Waals surface area contributed by atoms with Gasteiger partial charge < -0.3 is 4.90 Å². The molecule has 1 aliphatic carbocycles. The predicted octanol–water partition coefficient (Wildman–Crippen LogP) is 2.60. The van der Waals surface area contributed by atoms with Gasteiger partial charge in [-0.25, -0.2) is 0 Å². The Hall–Kier alpha value is -0.790. The van der Waals surface area contributed by atoms with Gasteiger partial charge in [0, 0.05) is 19.2 Å². The van der Waals surface area contributed by atoms with Crippen LogP contribution in [0.2, 0.25) is 0 Å².